The molecule has 0 fully saturated rings. The average Bonchev–Trinajstić information content (AvgIpc) is 2.69. The maximum atomic E-state index is 11.8. The van der Waals surface area contributed by atoms with Gasteiger partial charge in [0.1, 0.15) is 23.1 Å². The summed E-state index contributed by atoms with van der Waals surface area (Å²) in [6, 6.07) is 14.4. The molecular formula is C19H20N2O4S. The third-order valence-corrected chi connectivity index (χ3v) is 3.77. The van der Waals surface area contributed by atoms with Crippen LogP contribution >= 0.6 is 12.2 Å². The minimum Gasteiger partial charge on any atom is -0.496 e. The van der Waals surface area contributed by atoms with Gasteiger partial charge in [0.25, 0.3) is 0 Å². The number of hydrogen-bond donors (Lipinski definition) is 3. The molecule has 0 bridgehead atoms. The van der Waals surface area contributed by atoms with E-state index in [0.717, 1.165) is 5.56 Å². The number of para-hydroxylation sites is 1. The van der Waals surface area contributed by atoms with Crippen LogP contribution in [0.1, 0.15) is 11.1 Å². The van der Waals surface area contributed by atoms with Crippen LogP contribution in [0.5, 0.6) is 11.5 Å². The molecule has 0 aliphatic heterocycles. The molecule has 0 aliphatic carbocycles. The number of methoxy groups -OCH3 is 1. The molecule has 136 valence electrons. The van der Waals surface area contributed by atoms with Gasteiger partial charge in [-0.05, 0) is 36.4 Å². The fraction of sp³-hybridized carbons (Fsp3) is 0.158. The minimum atomic E-state index is -0.214. The summed E-state index contributed by atoms with van der Waals surface area (Å²) in [4.78, 5) is 12.1. The van der Waals surface area contributed by atoms with Crippen LogP contribution in [0, 0.1) is 0 Å². The van der Waals surface area contributed by atoms with Crippen molar-refractivity contribution in [3.63, 3.8) is 0 Å². The summed E-state index contributed by atoms with van der Waals surface area (Å²) < 4.78 is 10.8. The standard InChI is InChI=1S/C19H20N2O4S/c1-24-17-5-3-2-4-14(17)8-11-18(22)20-12-13-25-16-9-6-15(7-10-16)19(26)21-23/h2-11,23H,12-13H2,1H3,(H,20,22)(H,21,26)/b11-8+. The van der Waals surface area contributed by atoms with Crippen LogP contribution in [0.25, 0.3) is 6.08 Å². The Kier molecular flexibility index (Phi) is 7.60. The highest BCUT2D eigenvalue weighted by atomic mass is 32.1. The second-order valence-corrected chi connectivity index (χ2v) is 5.59. The first-order chi connectivity index (χ1) is 12.6. The maximum Gasteiger partial charge on any atom is 0.244 e. The Hall–Kier alpha value is -2.90. The van der Waals surface area contributed by atoms with Gasteiger partial charge in [-0.25, -0.2) is 0 Å². The second kappa shape index (κ2) is 10.2. The fourth-order valence-electron chi connectivity index (χ4n) is 2.14. The Labute approximate surface area is 157 Å². The first kappa shape index (κ1) is 19.4. The topological polar surface area (TPSA) is 79.8 Å². The van der Waals surface area contributed by atoms with Crippen LogP contribution in [-0.2, 0) is 4.79 Å². The van der Waals surface area contributed by atoms with Crippen LogP contribution in [-0.4, -0.2) is 36.4 Å². The van der Waals surface area contributed by atoms with E-state index < -0.39 is 0 Å². The lowest BCUT2D eigenvalue weighted by Gasteiger charge is -2.08. The molecule has 3 N–H and O–H groups in total. The van der Waals surface area contributed by atoms with Gasteiger partial charge < -0.3 is 14.8 Å². The number of nitrogens with one attached hydrogen (secondary N) is 2. The zero-order chi connectivity index (χ0) is 18.8. The molecule has 2 aromatic rings. The number of benzene rings is 2. The molecule has 2 rings (SSSR count). The van der Waals surface area contributed by atoms with Gasteiger partial charge in [-0.2, -0.15) is 0 Å². The van der Waals surface area contributed by atoms with E-state index in [0.29, 0.717) is 30.2 Å². The zero-order valence-electron chi connectivity index (χ0n) is 14.3. The highest BCUT2D eigenvalue weighted by Gasteiger charge is 2.01. The molecule has 0 saturated heterocycles. The fourth-order valence-corrected chi connectivity index (χ4v) is 2.27. The van der Waals surface area contributed by atoms with Gasteiger partial charge in [0, 0.05) is 17.2 Å². The Morgan fingerprint density at radius 3 is 2.62 bits per heavy atom. The number of thiocarbonyl (C=S) groups is 1. The van der Waals surface area contributed by atoms with Gasteiger partial charge in [0.2, 0.25) is 5.91 Å². The molecule has 0 unspecified atom stereocenters. The van der Waals surface area contributed by atoms with E-state index in [1.165, 1.54) is 6.08 Å². The van der Waals surface area contributed by atoms with Crippen molar-refractivity contribution in [1.29, 1.82) is 0 Å². The van der Waals surface area contributed by atoms with Gasteiger partial charge in [0.15, 0.2) is 0 Å². The van der Waals surface area contributed by atoms with Crippen molar-refractivity contribution in [2.24, 2.45) is 0 Å². The first-order valence-electron chi connectivity index (χ1n) is 7.90. The van der Waals surface area contributed by atoms with Crippen molar-refractivity contribution in [3.05, 3.63) is 65.7 Å². The third-order valence-electron chi connectivity index (χ3n) is 3.44. The first-order valence-corrected chi connectivity index (χ1v) is 8.31. The van der Waals surface area contributed by atoms with E-state index in [2.05, 4.69) is 5.32 Å². The van der Waals surface area contributed by atoms with E-state index in [9.17, 15) is 4.79 Å². The van der Waals surface area contributed by atoms with Crippen LogP contribution in [0.3, 0.4) is 0 Å². The Bertz CT molecular complexity index is 775. The lowest BCUT2D eigenvalue weighted by Crippen LogP contribution is -2.26. The Morgan fingerprint density at radius 1 is 1.19 bits per heavy atom. The molecule has 7 heteroatoms. The molecule has 0 heterocycles. The Balaban J connectivity index is 1.74. The summed E-state index contributed by atoms with van der Waals surface area (Å²) in [5, 5.41) is 11.5. The van der Waals surface area contributed by atoms with Crippen LogP contribution in [0.2, 0.25) is 0 Å². The number of carbonyl (C=O) groups excluding carboxylic acids is 1. The van der Waals surface area contributed by atoms with Gasteiger partial charge in [-0.15, -0.1) is 0 Å². The van der Waals surface area contributed by atoms with Gasteiger partial charge >= 0.3 is 0 Å². The number of hydroxylamine groups is 1. The molecule has 26 heavy (non-hydrogen) atoms. The number of ether oxygens (including phenoxy) is 2. The second-order valence-electron chi connectivity index (χ2n) is 5.18. The predicted molar refractivity (Wildman–Crippen MR) is 104 cm³/mol. The van der Waals surface area contributed by atoms with Crippen LogP contribution < -0.4 is 20.3 Å². The van der Waals surface area contributed by atoms with Crippen molar-refractivity contribution >= 4 is 29.2 Å². The summed E-state index contributed by atoms with van der Waals surface area (Å²) in [5.74, 6) is 1.14. The number of rotatable bonds is 8. The molecule has 2 aromatic carbocycles. The molecule has 6 nitrogen and oxygen atoms in total. The van der Waals surface area contributed by atoms with Crippen molar-refractivity contribution < 1.29 is 19.5 Å². The van der Waals surface area contributed by atoms with E-state index in [1.807, 2.05) is 29.7 Å². The minimum absolute atomic E-state index is 0.214. The van der Waals surface area contributed by atoms with Crippen molar-refractivity contribution in [2.75, 3.05) is 20.3 Å². The molecule has 0 radical (unpaired) electrons. The maximum absolute atomic E-state index is 11.8. The molecule has 0 spiro atoms. The summed E-state index contributed by atoms with van der Waals surface area (Å²) in [5.41, 5.74) is 3.44. The summed E-state index contributed by atoms with van der Waals surface area (Å²) in [6.07, 6.45) is 3.15. The summed E-state index contributed by atoms with van der Waals surface area (Å²) in [6.45, 7) is 0.698. The summed E-state index contributed by atoms with van der Waals surface area (Å²) >= 11 is 4.91. The smallest absolute Gasteiger partial charge is 0.244 e. The molecule has 0 saturated carbocycles. The van der Waals surface area contributed by atoms with Crippen LogP contribution in [0.4, 0.5) is 0 Å². The number of carbonyl (C=O) groups is 1. The Morgan fingerprint density at radius 2 is 1.92 bits per heavy atom. The third kappa shape index (κ3) is 5.87. The van der Waals surface area contributed by atoms with E-state index in [1.54, 1.807) is 37.5 Å². The van der Waals surface area contributed by atoms with Gasteiger partial charge in [0.05, 0.1) is 13.7 Å². The van der Waals surface area contributed by atoms with Crippen molar-refractivity contribution in [2.45, 2.75) is 0 Å². The van der Waals surface area contributed by atoms with Crippen LogP contribution in [0.15, 0.2) is 54.6 Å². The largest absolute Gasteiger partial charge is 0.496 e. The molecule has 0 aliphatic rings. The average molecular weight is 372 g/mol. The highest BCUT2D eigenvalue weighted by molar-refractivity contribution is 7.80. The monoisotopic (exact) mass is 372 g/mol. The highest BCUT2D eigenvalue weighted by Crippen LogP contribution is 2.18. The van der Waals surface area contributed by atoms with E-state index in [-0.39, 0.29) is 10.9 Å². The van der Waals surface area contributed by atoms with Gasteiger partial charge in [-0.3, -0.25) is 15.5 Å². The molecule has 0 atom stereocenters. The van der Waals surface area contributed by atoms with E-state index >= 15 is 0 Å². The summed E-state index contributed by atoms with van der Waals surface area (Å²) in [7, 11) is 1.59. The van der Waals surface area contributed by atoms with Gasteiger partial charge in [-0.1, -0.05) is 30.4 Å². The molecular weight excluding hydrogens is 352 g/mol. The zero-order valence-corrected chi connectivity index (χ0v) is 15.1. The molecule has 1 amide bonds. The molecule has 0 aromatic heterocycles. The lowest BCUT2D eigenvalue weighted by atomic mass is 10.2. The number of amides is 1. The number of hydrogen-bond acceptors (Lipinski definition) is 5. The normalized spacial score (nSPS) is 10.4. The SMILES string of the molecule is COc1ccccc1/C=C/C(=O)NCCOc1ccc(C(=S)NO)cc1. The quantitative estimate of drug-likeness (QED) is 0.286. The van der Waals surface area contributed by atoms with Crippen molar-refractivity contribution in [1.82, 2.24) is 10.8 Å². The predicted octanol–water partition coefficient (Wildman–Crippen LogP) is 2.56. The van der Waals surface area contributed by atoms with Crippen molar-refractivity contribution in [3.8, 4) is 11.5 Å². The lowest BCUT2D eigenvalue weighted by molar-refractivity contribution is -0.116. The van der Waals surface area contributed by atoms with E-state index in [4.69, 9.17) is 26.9 Å².